The lowest BCUT2D eigenvalue weighted by atomic mass is 9.91. The average Bonchev–Trinajstić information content (AvgIpc) is 2.72. The number of carbonyl (C=O) groups excluding carboxylic acids is 1. The third-order valence-electron chi connectivity index (χ3n) is 4.03. The minimum Gasteiger partial charge on any atom is -0.444 e. The molecule has 2 aliphatic heterocycles. The number of hydrogen-bond acceptors (Lipinski definition) is 4. The Labute approximate surface area is 125 Å². The number of fused-ring (bicyclic) bond motifs is 2. The van der Waals surface area contributed by atoms with Crippen LogP contribution in [0.15, 0.2) is 6.20 Å². The SMILES string of the molecule is Cc1cn2c(n1)NC1CCN(C(=O)OC(C)(C)C)CC1C2. The van der Waals surface area contributed by atoms with Crippen molar-refractivity contribution in [3.05, 3.63) is 11.9 Å². The van der Waals surface area contributed by atoms with Gasteiger partial charge in [0, 0.05) is 37.8 Å². The van der Waals surface area contributed by atoms with Gasteiger partial charge in [-0.1, -0.05) is 0 Å². The van der Waals surface area contributed by atoms with Gasteiger partial charge in [0.05, 0.1) is 5.69 Å². The molecule has 1 aromatic rings. The monoisotopic (exact) mass is 292 g/mol. The molecular weight excluding hydrogens is 268 g/mol. The Morgan fingerprint density at radius 3 is 2.90 bits per heavy atom. The molecular formula is C15H24N4O2. The third-order valence-corrected chi connectivity index (χ3v) is 4.03. The molecule has 0 bridgehead atoms. The number of aryl methyl sites for hydroxylation is 1. The first-order valence-electron chi connectivity index (χ1n) is 7.60. The van der Waals surface area contributed by atoms with Crippen molar-refractivity contribution in [2.24, 2.45) is 5.92 Å². The van der Waals surface area contributed by atoms with E-state index in [1.807, 2.05) is 32.6 Å². The molecule has 0 radical (unpaired) electrons. The van der Waals surface area contributed by atoms with E-state index in [2.05, 4.69) is 21.1 Å². The number of anilines is 1. The Morgan fingerprint density at radius 1 is 1.43 bits per heavy atom. The minimum absolute atomic E-state index is 0.200. The summed E-state index contributed by atoms with van der Waals surface area (Å²) in [6, 6.07) is 0.401. The summed E-state index contributed by atoms with van der Waals surface area (Å²) in [6.45, 7) is 10.1. The van der Waals surface area contributed by atoms with E-state index < -0.39 is 5.60 Å². The molecule has 3 rings (SSSR count). The second-order valence-electron chi connectivity index (χ2n) is 7.08. The fourth-order valence-corrected chi connectivity index (χ4v) is 3.12. The van der Waals surface area contributed by atoms with Gasteiger partial charge >= 0.3 is 6.09 Å². The van der Waals surface area contributed by atoms with E-state index in [1.54, 1.807) is 0 Å². The summed E-state index contributed by atoms with van der Waals surface area (Å²) >= 11 is 0. The topological polar surface area (TPSA) is 59.4 Å². The summed E-state index contributed by atoms with van der Waals surface area (Å²) < 4.78 is 7.63. The molecule has 2 aliphatic rings. The molecule has 116 valence electrons. The number of nitrogens with zero attached hydrogens (tertiary/aromatic N) is 3. The van der Waals surface area contributed by atoms with Crippen LogP contribution in [0, 0.1) is 12.8 Å². The Balaban J connectivity index is 1.67. The first-order chi connectivity index (χ1) is 9.82. The molecule has 0 aliphatic carbocycles. The van der Waals surface area contributed by atoms with Crippen LogP contribution in [0.1, 0.15) is 32.9 Å². The van der Waals surface area contributed by atoms with E-state index in [-0.39, 0.29) is 6.09 Å². The van der Waals surface area contributed by atoms with Gasteiger partial charge in [-0.3, -0.25) is 0 Å². The van der Waals surface area contributed by atoms with Crippen molar-refractivity contribution in [2.45, 2.75) is 52.3 Å². The van der Waals surface area contributed by atoms with E-state index >= 15 is 0 Å². The zero-order chi connectivity index (χ0) is 15.2. The van der Waals surface area contributed by atoms with Gasteiger partial charge in [0.2, 0.25) is 5.95 Å². The molecule has 1 fully saturated rings. The number of piperidine rings is 1. The summed E-state index contributed by atoms with van der Waals surface area (Å²) in [7, 11) is 0. The largest absolute Gasteiger partial charge is 0.444 e. The van der Waals surface area contributed by atoms with Crippen molar-refractivity contribution in [1.82, 2.24) is 14.5 Å². The summed E-state index contributed by atoms with van der Waals surface area (Å²) in [5.41, 5.74) is 0.591. The van der Waals surface area contributed by atoms with Crippen LogP contribution in [0.25, 0.3) is 0 Å². The van der Waals surface area contributed by atoms with E-state index in [4.69, 9.17) is 4.74 Å². The van der Waals surface area contributed by atoms with Crippen LogP contribution in [0.4, 0.5) is 10.7 Å². The Bertz CT molecular complexity index is 546. The molecule has 6 heteroatoms. The van der Waals surface area contributed by atoms with Gasteiger partial charge in [-0.05, 0) is 34.1 Å². The zero-order valence-corrected chi connectivity index (χ0v) is 13.2. The predicted molar refractivity (Wildman–Crippen MR) is 80.3 cm³/mol. The number of aromatic nitrogens is 2. The van der Waals surface area contributed by atoms with Gasteiger partial charge in [-0.25, -0.2) is 9.78 Å². The molecule has 2 unspecified atom stereocenters. The maximum Gasteiger partial charge on any atom is 0.410 e. The van der Waals surface area contributed by atoms with Crippen LogP contribution in [0.5, 0.6) is 0 Å². The molecule has 1 saturated heterocycles. The summed E-state index contributed by atoms with van der Waals surface area (Å²) in [6.07, 6.45) is 2.80. The van der Waals surface area contributed by atoms with Crippen LogP contribution in [0.3, 0.4) is 0 Å². The smallest absolute Gasteiger partial charge is 0.410 e. The molecule has 2 atom stereocenters. The van der Waals surface area contributed by atoms with Crippen molar-refractivity contribution >= 4 is 12.0 Å². The lowest BCUT2D eigenvalue weighted by molar-refractivity contribution is 0.0139. The maximum absolute atomic E-state index is 12.2. The van der Waals surface area contributed by atoms with Crippen LogP contribution in [-0.2, 0) is 11.3 Å². The highest BCUT2D eigenvalue weighted by atomic mass is 16.6. The van der Waals surface area contributed by atoms with Gasteiger partial charge in [-0.2, -0.15) is 0 Å². The molecule has 0 saturated carbocycles. The first-order valence-corrected chi connectivity index (χ1v) is 7.60. The van der Waals surface area contributed by atoms with Gasteiger partial charge in [-0.15, -0.1) is 0 Å². The summed E-state index contributed by atoms with van der Waals surface area (Å²) in [4.78, 5) is 18.5. The minimum atomic E-state index is -0.437. The summed E-state index contributed by atoms with van der Waals surface area (Å²) in [5, 5.41) is 3.50. The number of hydrogen-bond donors (Lipinski definition) is 1. The number of ether oxygens (including phenoxy) is 1. The number of imidazole rings is 1. The van der Waals surface area contributed by atoms with Crippen molar-refractivity contribution in [1.29, 1.82) is 0 Å². The Morgan fingerprint density at radius 2 is 2.19 bits per heavy atom. The second-order valence-corrected chi connectivity index (χ2v) is 7.08. The highest BCUT2D eigenvalue weighted by Crippen LogP contribution is 2.29. The quantitative estimate of drug-likeness (QED) is 0.796. The van der Waals surface area contributed by atoms with Gasteiger partial charge in [0.1, 0.15) is 5.60 Å². The van der Waals surface area contributed by atoms with E-state index in [0.717, 1.165) is 37.7 Å². The predicted octanol–water partition coefficient (Wildman–Crippen LogP) is 2.24. The Kier molecular flexibility index (Phi) is 3.34. The standard InChI is InChI=1S/C15H24N4O2/c1-10-7-19-9-11-8-18(14(20)21-15(2,3)4)6-5-12(11)17-13(19)16-10/h7,11-12H,5-6,8-9H2,1-4H3,(H,16,17). The number of nitrogens with one attached hydrogen (secondary N) is 1. The number of amides is 1. The third kappa shape index (κ3) is 2.99. The average molecular weight is 292 g/mol. The molecule has 1 aromatic heterocycles. The van der Waals surface area contributed by atoms with E-state index in [0.29, 0.717) is 12.0 Å². The number of likely N-dealkylation sites (tertiary alicyclic amines) is 1. The van der Waals surface area contributed by atoms with Crippen LogP contribution in [-0.4, -0.2) is 45.3 Å². The van der Waals surface area contributed by atoms with Gasteiger partial charge < -0.3 is 19.5 Å². The Hall–Kier alpha value is -1.72. The fraction of sp³-hybridized carbons (Fsp3) is 0.733. The molecule has 21 heavy (non-hydrogen) atoms. The van der Waals surface area contributed by atoms with Crippen molar-refractivity contribution < 1.29 is 9.53 Å². The lowest BCUT2D eigenvalue weighted by Crippen LogP contribution is -2.52. The zero-order valence-electron chi connectivity index (χ0n) is 13.2. The van der Waals surface area contributed by atoms with Crippen LogP contribution >= 0.6 is 0 Å². The van der Waals surface area contributed by atoms with E-state index in [1.165, 1.54) is 0 Å². The molecule has 3 heterocycles. The van der Waals surface area contributed by atoms with Gasteiger partial charge in [0.25, 0.3) is 0 Å². The van der Waals surface area contributed by atoms with Crippen LogP contribution in [0.2, 0.25) is 0 Å². The van der Waals surface area contributed by atoms with Crippen molar-refractivity contribution in [3.63, 3.8) is 0 Å². The maximum atomic E-state index is 12.2. The van der Waals surface area contributed by atoms with E-state index in [9.17, 15) is 4.79 Å². The van der Waals surface area contributed by atoms with Crippen molar-refractivity contribution in [2.75, 3.05) is 18.4 Å². The fourth-order valence-electron chi connectivity index (χ4n) is 3.12. The number of rotatable bonds is 0. The van der Waals surface area contributed by atoms with Gasteiger partial charge in [0.15, 0.2) is 0 Å². The molecule has 0 aromatic carbocycles. The summed E-state index contributed by atoms with van der Waals surface area (Å²) in [5.74, 6) is 1.37. The molecule has 1 N–H and O–H groups in total. The molecule has 1 amide bonds. The highest BCUT2D eigenvalue weighted by Gasteiger charge is 2.36. The lowest BCUT2D eigenvalue weighted by Gasteiger charge is -2.42. The molecule has 6 nitrogen and oxygen atoms in total. The molecule has 0 spiro atoms. The highest BCUT2D eigenvalue weighted by molar-refractivity contribution is 5.68. The normalized spacial score (nSPS) is 24.9. The van der Waals surface area contributed by atoms with Crippen molar-refractivity contribution in [3.8, 4) is 0 Å². The number of carbonyl (C=O) groups is 1. The van der Waals surface area contributed by atoms with Crippen LogP contribution < -0.4 is 5.32 Å². The second kappa shape index (κ2) is 4.93. The first kappa shape index (κ1) is 14.2.